The highest BCUT2D eigenvalue weighted by molar-refractivity contribution is 5.93. The van der Waals surface area contributed by atoms with Gasteiger partial charge in [0.1, 0.15) is 11.3 Å². The van der Waals surface area contributed by atoms with Crippen LogP contribution in [-0.2, 0) is 19.4 Å². The minimum Gasteiger partial charge on any atom is -0.493 e. The lowest BCUT2D eigenvalue weighted by molar-refractivity contribution is 0.355. The Kier molecular flexibility index (Phi) is 5.88. The molecule has 0 radical (unpaired) electrons. The molecule has 0 amide bonds. The van der Waals surface area contributed by atoms with Crippen LogP contribution in [0.2, 0.25) is 0 Å². The van der Waals surface area contributed by atoms with Crippen LogP contribution in [0.4, 0.5) is 5.69 Å². The summed E-state index contributed by atoms with van der Waals surface area (Å²) in [6.07, 6.45) is 3.47. The summed E-state index contributed by atoms with van der Waals surface area (Å²) in [4.78, 5) is 16.3. The number of ether oxygens (including phenoxy) is 2. The zero-order valence-electron chi connectivity index (χ0n) is 20.9. The number of fused-ring (bicyclic) bond motifs is 2. The van der Waals surface area contributed by atoms with E-state index < -0.39 is 0 Å². The molecule has 1 aliphatic carbocycles. The smallest absolute Gasteiger partial charge is 0.254 e. The molecule has 2 heterocycles. The van der Waals surface area contributed by atoms with Crippen molar-refractivity contribution in [2.75, 3.05) is 19.5 Å². The first-order valence-corrected chi connectivity index (χ1v) is 12.4. The number of benzene rings is 3. The molecule has 6 rings (SSSR count). The minimum absolute atomic E-state index is 0.142. The number of H-pyrrole nitrogens is 1. The van der Waals surface area contributed by atoms with Crippen molar-refractivity contribution in [2.45, 2.75) is 25.8 Å². The number of methoxy groups -OCH3 is 2. The van der Waals surface area contributed by atoms with Gasteiger partial charge in [0.15, 0.2) is 11.5 Å². The second-order valence-electron chi connectivity index (χ2n) is 9.24. The van der Waals surface area contributed by atoms with Gasteiger partial charge in [0.05, 0.1) is 19.9 Å². The lowest BCUT2D eigenvalue weighted by atomic mass is 10.1. The summed E-state index contributed by atoms with van der Waals surface area (Å²) < 4.78 is 12.7. The third-order valence-electron chi connectivity index (χ3n) is 7.00. The summed E-state index contributed by atoms with van der Waals surface area (Å²) in [6.45, 7) is 0.409. The fourth-order valence-corrected chi connectivity index (χ4v) is 5.08. The number of anilines is 1. The number of para-hydroxylation sites is 1. The van der Waals surface area contributed by atoms with E-state index in [1.807, 2.05) is 54.6 Å². The highest BCUT2D eigenvalue weighted by Crippen LogP contribution is 2.35. The fraction of sp³-hybridized carbons (Fsp3) is 0.200. The molecule has 0 saturated heterocycles. The van der Waals surface area contributed by atoms with Crippen LogP contribution >= 0.6 is 0 Å². The van der Waals surface area contributed by atoms with Gasteiger partial charge >= 0.3 is 0 Å². The molecule has 7 nitrogen and oxygen atoms in total. The Morgan fingerprint density at radius 2 is 1.73 bits per heavy atom. The van der Waals surface area contributed by atoms with E-state index in [4.69, 9.17) is 14.6 Å². The molecule has 0 spiro atoms. The van der Waals surface area contributed by atoms with Crippen molar-refractivity contribution in [1.29, 1.82) is 0 Å². The third kappa shape index (κ3) is 4.22. The Balaban J connectivity index is 1.44. The van der Waals surface area contributed by atoms with Gasteiger partial charge in [-0.2, -0.15) is 5.10 Å². The topological polar surface area (TPSA) is 81.2 Å². The van der Waals surface area contributed by atoms with Crippen LogP contribution in [0.3, 0.4) is 0 Å². The van der Waals surface area contributed by atoms with Gasteiger partial charge in [-0.05, 0) is 78.9 Å². The standard InChI is InChI=1S/C30H28N4O3/c1-36-26-14-12-21(17-27(26)37-2)28-25-16-22(18-31-23-13-11-19-7-6-8-20(19)15-23)30(35)32-29(25)34(33-28)24-9-4-3-5-10-24/h3-5,9-17,31H,6-8,18H2,1-2H3,(H,32,35). The van der Waals surface area contributed by atoms with Crippen LogP contribution < -0.4 is 20.3 Å². The van der Waals surface area contributed by atoms with E-state index in [1.54, 1.807) is 18.9 Å². The molecule has 1 aliphatic rings. The van der Waals surface area contributed by atoms with E-state index in [1.165, 1.54) is 17.5 Å². The minimum atomic E-state index is -0.142. The SMILES string of the molecule is COc1ccc(-c2nn(-c3ccccc3)c3[nH]c(=O)c(CNc4ccc5c(c4)CCC5)cc23)cc1OC. The van der Waals surface area contributed by atoms with Gasteiger partial charge in [-0.15, -0.1) is 0 Å². The molecule has 2 N–H and O–H groups in total. The lowest BCUT2D eigenvalue weighted by Gasteiger charge is -2.10. The molecule has 37 heavy (non-hydrogen) atoms. The zero-order chi connectivity index (χ0) is 25.4. The predicted molar refractivity (Wildman–Crippen MR) is 146 cm³/mol. The van der Waals surface area contributed by atoms with Crippen LogP contribution in [0.5, 0.6) is 11.5 Å². The number of hydrogen-bond acceptors (Lipinski definition) is 5. The Morgan fingerprint density at radius 3 is 2.54 bits per heavy atom. The van der Waals surface area contributed by atoms with Crippen molar-refractivity contribution < 1.29 is 9.47 Å². The quantitative estimate of drug-likeness (QED) is 0.314. The van der Waals surface area contributed by atoms with E-state index in [9.17, 15) is 4.79 Å². The average Bonchev–Trinajstić information content (AvgIpc) is 3.56. The summed E-state index contributed by atoms with van der Waals surface area (Å²) in [5, 5.41) is 9.22. The molecule has 0 unspecified atom stereocenters. The summed E-state index contributed by atoms with van der Waals surface area (Å²) >= 11 is 0. The normalized spacial score (nSPS) is 12.5. The Bertz CT molecular complexity index is 1650. The van der Waals surface area contributed by atoms with Crippen LogP contribution in [0.15, 0.2) is 77.6 Å². The number of hydrogen-bond donors (Lipinski definition) is 2. The second-order valence-corrected chi connectivity index (χ2v) is 9.24. The highest BCUT2D eigenvalue weighted by Gasteiger charge is 2.18. The number of nitrogens with zero attached hydrogens (tertiary/aromatic N) is 2. The third-order valence-corrected chi connectivity index (χ3v) is 7.00. The summed E-state index contributed by atoms with van der Waals surface area (Å²) in [5.41, 5.74) is 7.46. The molecule has 2 aromatic heterocycles. The van der Waals surface area contributed by atoms with Gasteiger partial charge in [0, 0.05) is 28.7 Å². The highest BCUT2D eigenvalue weighted by atomic mass is 16.5. The van der Waals surface area contributed by atoms with Crippen molar-refractivity contribution >= 4 is 16.7 Å². The Morgan fingerprint density at radius 1 is 0.919 bits per heavy atom. The molecule has 7 heteroatoms. The van der Waals surface area contributed by atoms with Gasteiger partial charge < -0.3 is 19.8 Å². The van der Waals surface area contributed by atoms with Gasteiger partial charge in [0.25, 0.3) is 5.56 Å². The van der Waals surface area contributed by atoms with E-state index in [2.05, 4.69) is 28.5 Å². The van der Waals surface area contributed by atoms with Gasteiger partial charge in [0.2, 0.25) is 0 Å². The van der Waals surface area contributed by atoms with Gasteiger partial charge in [-0.1, -0.05) is 24.3 Å². The number of aryl methyl sites for hydroxylation is 2. The summed E-state index contributed by atoms with van der Waals surface area (Å²) in [6, 6.07) is 23.9. The van der Waals surface area contributed by atoms with Gasteiger partial charge in [-0.3, -0.25) is 4.79 Å². The first-order chi connectivity index (χ1) is 18.1. The molecule has 3 aromatic carbocycles. The molecular weight excluding hydrogens is 464 g/mol. The fourth-order valence-electron chi connectivity index (χ4n) is 5.08. The predicted octanol–water partition coefficient (Wildman–Crippen LogP) is 5.50. The summed E-state index contributed by atoms with van der Waals surface area (Å²) in [7, 11) is 3.23. The van der Waals surface area contributed by atoms with Crippen molar-refractivity contribution in [3.8, 4) is 28.4 Å². The first-order valence-electron chi connectivity index (χ1n) is 12.4. The van der Waals surface area contributed by atoms with E-state index in [0.717, 1.165) is 40.9 Å². The van der Waals surface area contributed by atoms with Crippen molar-refractivity contribution in [2.24, 2.45) is 0 Å². The molecule has 0 saturated carbocycles. The van der Waals surface area contributed by atoms with E-state index >= 15 is 0 Å². The van der Waals surface area contributed by atoms with Crippen LogP contribution in [0.25, 0.3) is 28.0 Å². The number of aromatic nitrogens is 3. The number of aromatic amines is 1. The number of pyridine rings is 1. The molecule has 0 bridgehead atoms. The van der Waals surface area contributed by atoms with Crippen molar-refractivity contribution in [3.05, 3.63) is 99.8 Å². The maximum Gasteiger partial charge on any atom is 0.254 e. The molecule has 0 atom stereocenters. The van der Waals surface area contributed by atoms with Crippen LogP contribution in [0.1, 0.15) is 23.1 Å². The van der Waals surface area contributed by atoms with Gasteiger partial charge in [-0.25, -0.2) is 4.68 Å². The zero-order valence-corrected chi connectivity index (χ0v) is 20.9. The molecule has 186 valence electrons. The molecule has 0 fully saturated rings. The Hall–Kier alpha value is -4.52. The molecule has 5 aromatic rings. The monoisotopic (exact) mass is 492 g/mol. The largest absolute Gasteiger partial charge is 0.493 e. The summed E-state index contributed by atoms with van der Waals surface area (Å²) in [5.74, 6) is 1.26. The number of rotatable bonds is 7. The molecular formula is C30H28N4O3. The second kappa shape index (κ2) is 9.50. The van der Waals surface area contributed by atoms with E-state index in [-0.39, 0.29) is 5.56 Å². The average molecular weight is 493 g/mol. The maximum atomic E-state index is 13.2. The Labute approximate surface area is 214 Å². The number of nitrogens with one attached hydrogen (secondary N) is 2. The van der Waals surface area contributed by atoms with Crippen molar-refractivity contribution in [1.82, 2.24) is 14.8 Å². The maximum absolute atomic E-state index is 13.2. The molecule has 0 aliphatic heterocycles. The van der Waals surface area contributed by atoms with E-state index in [0.29, 0.717) is 29.3 Å². The first kappa shape index (κ1) is 22.9. The van der Waals surface area contributed by atoms with Crippen LogP contribution in [0, 0.1) is 0 Å². The lowest BCUT2D eigenvalue weighted by Crippen LogP contribution is -2.16. The van der Waals surface area contributed by atoms with Crippen molar-refractivity contribution in [3.63, 3.8) is 0 Å². The van der Waals surface area contributed by atoms with Crippen LogP contribution in [-0.4, -0.2) is 29.0 Å².